The number of methoxy groups -OCH3 is 3. The van der Waals surface area contributed by atoms with E-state index < -0.39 is 5.60 Å². The standard InChI is InChI=1S/C17H18O3.C14H22O3.C11H20O3/c1-17(20-16(18)13-19-2,14-9-5-3-6-10-14)15-11-7-4-8-12-15;1-14(17-13(15)8-16-2)11-4-9-3-10(6-11)7-12(14)5-9;1-3-11(7-5-4-6-8-11)14-10(12)9-13-2/h3-12H,13H2,1-2H3;9-12H,3-8H2,1-2H3;3-9H2,1-2H3. The van der Waals surface area contributed by atoms with Crippen molar-refractivity contribution in [3.63, 3.8) is 0 Å². The number of carbonyl (C=O) groups excluding carboxylic acids is 3. The molecule has 0 unspecified atom stereocenters. The predicted octanol–water partition coefficient (Wildman–Crippen LogP) is 7.82. The Labute approximate surface area is 305 Å². The van der Waals surface area contributed by atoms with Crippen molar-refractivity contribution in [2.24, 2.45) is 23.7 Å². The lowest BCUT2D eigenvalue weighted by Crippen LogP contribution is -2.58. The Morgan fingerprint density at radius 2 is 1.08 bits per heavy atom. The third kappa shape index (κ3) is 10.6. The van der Waals surface area contributed by atoms with Crippen LogP contribution in [0.25, 0.3) is 0 Å². The molecule has 0 spiro atoms. The van der Waals surface area contributed by atoms with Gasteiger partial charge in [0, 0.05) is 21.3 Å². The van der Waals surface area contributed by atoms with Gasteiger partial charge in [0.1, 0.15) is 31.0 Å². The van der Waals surface area contributed by atoms with Crippen molar-refractivity contribution in [1.82, 2.24) is 0 Å². The Morgan fingerprint density at radius 3 is 1.51 bits per heavy atom. The summed E-state index contributed by atoms with van der Waals surface area (Å²) in [6.07, 6.45) is 13.1. The molecule has 0 aliphatic heterocycles. The van der Waals surface area contributed by atoms with E-state index in [0.29, 0.717) is 11.8 Å². The zero-order valence-electron chi connectivity index (χ0n) is 31.7. The van der Waals surface area contributed by atoms with E-state index in [9.17, 15) is 14.4 Å². The molecular formula is C42H60O9. The lowest BCUT2D eigenvalue weighted by Gasteiger charge is -2.59. The van der Waals surface area contributed by atoms with E-state index in [-0.39, 0.29) is 48.9 Å². The van der Waals surface area contributed by atoms with Gasteiger partial charge in [-0.25, -0.2) is 14.4 Å². The first-order valence-corrected chi connectivity index (χ1v) is 18.7. The third-order valence-corrected chi connectivity index (χ3v) is 11.6. The van der Waals surface area contributed by atoms with Crippen LogP contribution in [0.1, 0.15) is 103 Å². The monoisotopic (exact) mass is 708 g/mol. The van der Waals surface area contributed by atoms with Crippen molar-refractivity contribution >= 4 is 17.9 Å². The van der Waals surface area contributed by atoms with Gasteiger partial charge in [-0.05, 0) is 113 Å². The van der Waals surface area contributed by atoms with Crippen molar-refractivity contribution in [2.75, 3.05) is 41.2 Å². The highest BCUT2D eigenvalue weighted by atomic mass is 16.6. The number of esters is 3. The average Bonchev–Trinajstić information content (AvgIpc) is 3.12. The molecular weight excluding hydrogens is 648 g/mol. The molecule has 51 heavy (non-hydrogen) atoms. The van der Waals surface area contributed by atoms with Crippen LogP contribution in [-0.2, 0) is 48.4 Å². The number of benzene rings is 2. The van der Waals surface area contributed by atoms with Crippen LogP contribution >= 0.6 is 0 Å². The average molecular weight is 709 g/mol. The van der Waals surface area contributed by atoms with Gasteiger partial charge in [-0.15, -0.1) is 0 Å². The summed E-state index contributed by atoms with van der Waals surface area (Å²) in [6, 6.07) is 19.4. The van der Waals surface area contributed by atoms with Crippen molar-refractivity contribution in [1.29, 1.82) is 0 Å². The van der Waals surface area contributed by atoms with Crippen molar-refractivity contribution in [3.05, 3.63) is 71.8 Å². The molecule has 0 N–H and O–H groups in total. The van der Waals surface area contributed by atoms with Crippen molar-refractivity contribution < 1.29 is 42.8 Å². The molecule has 282 valence electrons. The first-order chi connectivity index (χ1) is 24.5. The third-order valence-electron chi connectivity index (χ3n) is 11.6. The minimum atomic E-state index is -0.821. The highest BCUT2D eigenvalue weighted by molar-refractivity contribution is 5.72. The molecule has 0 atom stereocenters. The van der Waals surface area contributed by atoms with Crippen LogP contribution in [0.4, 0.5) is 0 Å². The quantitative estimate of drug-likeness (QED) is 0.161. The van der Waals surface area contributed by atoms with Crippen LogP contribution in [0.5, 0.6) is 0 Å². The molecule has 0 heterocycles. The van der Waals surface area contributed by atoms with Crippen LogP contribution < -0.4 is 0 Å². The molecule has 9 heteroatoms. The zero-order valence-corrected chi connectivity index (χ0v) is 31.7. The zero-order chi connectivity index (χ0) is 36.9. The minimum Gasteiger partial charge on any atom is -0.457 e. The minimum absolute atomic E-state index is 0.0603. The normalized spacial score (nSPS) is 25.7. The van der Waals surface area contributed by atoms with Crippen LogP contribution in [-0.4, -0.2) is 70.3 Å². The lowest BCUT2D eigenvalue weighted by molar-refractivity contribution is -0.206. The Hall–Kier alpha value is -3.27. The smallest absolute Gasteiger partial charge is 0.333 e. The molecule has 0 saturated heterocycles. The number of carbonyl (C=O) groups is 3. The molecule has 0 aromatic heterocycles. The molecule has 5 saturated carbocycles. The second-order valence-corrected chi connectivity index (χ2v) is 15.1. The molecule has 5 aliphatic rings. The first-order valence-electron chi connectivity index (χ1n) is 18.7. The topological polar surface area (TPSA) is 107 Å². The predicted molar refractivity (Wildman–Crippen MR) is 195 cm³/mol. The van der Waals surface area contributed by atoms with Gasteiger partial charge < -0.3 is 28.4 Å². The molecule has 2 aromatic carbocycles. The van der Waals surface area contributed by atoms with E-state index in [0.717, 1.165) is 42.2 Å². The summed E-state index contributed by atoms with van der Waals surface area (Å²) in [5.74, 6) is 2.21. The van der Waals surface area contributed by atoms with Crippen LogP contribution in [0, 0.1) is 23.7 Å². The summed E-state index contributed by atoms with van der Waals surface area (Å²) >= 11 is 0. The molecule has 7 rings (SSSR count). The highest BCUT2D eigenvalue weighted by Crippen LogP contribution is 2.59. The van der Waals surface area contributed by atoms with Crippen LogP contribution in [0.2, 0.25) is 0 Å². The second-order valence-electron chi connectivity index (χ2n) is 15.1. The summed E-state index contributed by atoms with van der Waals surface area (Å²) in [4.78, 5) is 34.9. The Bertz CT molecular complexity index is 1300. The van der Waals surface area contributed by atoms with E-state index in [4.69, 9.17) is 28.4 Å². The molecule has 0 radical (unpaired) electrons. The number of rotatable bonds is 12. The molecule has 9 nitrogen and oxygen atoms in total. The van der Waals surface area contributed by atoms with Gasteiger partial charge in [0.25, 0.3) is 0 Å². The number of ether oxygens (including phenoxy) is 6. The van der Waals surface area contributed by atoms with Gasteiger partial charge >= 0.3 is 17.9 Å². The maximum absolute atomic E-state index is 11.9. The number of hydrogen-bond donors (Lipinski definition) is 0. The van der Waals surface area contributed by atoms with Gasteiger partial charge in [0.05, 0.1) is 0 Å². The van der Waals surface area contributed by atoms with Gasteiger partial charge in [0.15, 0.2) is 5.60 Å². The highest BCUT2D eigenvalue weighted by Gasteiger charge is 2.57. The number of hydrogen-bond acceptors (Lipinski definition) is 9. The van der Waals surface area contributed by atoms with Crippen molar-refractivity contribution in [2.45, 2.75) is 108 Å². The van der Waals surface area contributed by atoms with E-state index in [1.807, 2.05) is 67.6 Å². The summed E-state index contributed by atoms with van der Waals surface area (Å²) in [6.45, 7) is 6.24. The maximum Gasteiger partial charge on any atom is 0.333 e. The van der Waals surface area contributed by atoms with Crippen LogP contribution in [0.3, 0.4) is 0 Å². The maximum atomic E-state index is 11.9. The fourth-order valence-corrected chi connectivity index (χ4v) is 8.96. The molecule has 5 fully saturated rings. The first kappa shape index (κ1) is 40.5. The Morgan fingerprint density at radius 1 is 0.647 bits per heavy atom. The lowest BCUT2D eigenvalue weighted by atomic mass is 9.50. The van der Waals surface area contributed by atoms with E-state index >= 15 is 0 Å². The second kappa shape index (κ2) is 19.0. The molecule has 5 aliphatic carbocycles. The van der Waals surface area contributed by atoms with E-state index in [2.05, 4.69) is 13.8 Å². The van der Waals surface area contributed by atoms with E-state index in [1.165, 1.54) is 65.6 Å². The van der Waals surface area contributed by atoms with Crippen molar-refractivity contribution in [3.8, 4) is 0 Å². The summed E-state index contributed by atoms with van der Waals surface area (Å²) in [7, 11) is 4.53. The fourth-order valence-electron chi connectivity index (χ4n) is 8.96. The molecule has 2 aromatic rings. The SMILES string of the molecule is CCC1(OC(=O)COC)CCCCC1.COCC(=O)OC(C)(c1ccccc1)c1ccccc1.COCC(=O)OC1(C)C2CC3CC(C2)CC1C3. The summed E-state index contributed by atoms with van der Waals surface area (Å²) in [5, 5.41) is 0. The largest absolute Gasteiger partial charge is 0.457 e. The Kier molecular flexibility index (Phi) is 15.1. The van der Waals surface area contributed by atoms with Gasteiger partial charge in [-0.3, -0.25) is 0 Å². The molecule has 0 amide bonds. The van der Waals surface area contributed by atoms with Crippen LogP contribution in [0.15, 0.2) is 60.7 Å². The summed E-state index contributed by atoms with van der Waals surface area (Å²) < 4.78 is 31.5. The summed E-state index contributed by atoms with van der Waals surface area (Å²) in [5.41, 5.74) is 0.640. The van der Waals surface area contributed by atoms with Gasteiger partial charge in [-0.2, -0.15) is 0 Å². The van der Waals surface area contributed by atoms with E-state index in [1.54, 1.807) is 7.11 Å². The Balaban J connectivity index is 0.000000174. The van der Waals surface area contributed by atoms with Gasteiger partial charge in [-0.1, -0.05) is 74.0 Å². The molecule has 4 bridgehead atoms. The van der Waals surface area contributed by atoms with Gasteiger partial charge in [0.2, 0.25) is 0 Å². The fraction of sp³-hybridized carbons (Fsp3) is 0.643.